The molecule has 0 unspecified atom stereocenters. The molecule has 0 saturated carbocycles. The molecule has 0 spiro atoms. The van der Waals surface area contributed by atoms with E-state index in [1.54, 1.807) is 0 Å². The maximum Gasteiger partial charge on any atom is 0.266 e. The molecule has 0 bridgehead atoms. The number of hydrogen-bond acceptors (Lipinski definition) is 5. The second-order valence-electron chi connectivity index (χ2n) is 7.92. The molecule has 1 aliphatic carbocycles. The normalized spacial score (nSPS) is 16.0. The van der Waals surface area contributed by atoms with Crippen LogP contribution in [0.15, 0.2) is 47.0 Å². The van der Waals surface area contributed by atoms with E-state index < -0.39 is 0 Å². The van der Waals surface area contributed by atoms with Crippen molar-refractivity contribution in [1.29, 1.82) is 0 Å². The van der Waals surface area contributed by atoms with Gasteiger partial charge in [0.2, 0.25) is 0 Å². The molecule has 0 radical (unpaired) electrons. The number of allylic oxidation sites excluding steroid dienone is 2. The van der Waals surface area contributed by atoms with Crippen molar-refractivity contribution in [1.82, 2.24) is 15.0 Å². The van der Waals surface area contributed by atoms with Crippen LogP contribution in [0, 0.1) is 26.7 Å². The fourth-order valence-electron chi connectivity index (χ4n) is 4.02. The first kappa shape index (κ1) is 20.5. The van der Waals surface area contributed by atoms with Gasteiger partial charge in [0.25, 0.3) is 5.91 Å². The van der Waals surface area contributed by atoms with Crippen LogP contribution in [0.2, 0.25) is 0 Å². The lowest BCUT2D eigenvalue weighted by molar-refractivity contribution is 0.0714. The molecule has 30 heavy (non-hydrogen) atoms. The highest BCUT2D eigenvalue weighted by molar-refractivity contribution is 7.13. The van der Waals surface area contributed by atoms with Crippen molar-refractivity contribution in [2.75, 3.05) is 6.54 Å². The Balaban J connectivity index is 1.66. The third-order valence-electron chi connectivity index (χ3n) is 5.62. The summed E-state index contributed by atoms with van der Waals surface area (Å²) >= 11 is 1.47. The van der Waals surface area contributed by atoms with E-state index in [9.17, 15) is 4.79 Å². The van der Waals surface area contributed by atoms with Crippen molar-refractivity contribution in [3.63, 3.8) is 0 Å². The fourth-order valence-corrected chi connectivity index (χ4v) is 4.91. The van der Waals surface area contributed by atoms with E-state index in [-0.39, 0.29) is 5.91 Å². The van der Waals surface area contributed by atoms with E-state index in [0.717, 1.165) is 64.0 Å². The summed E-state index contributed by atoms with van der Waals surface area (Å²) in [5, 5.41) is 5.22. The number of nitrogens with zero attached hydrogens (tertiary/aromatic N) is 3. The van der Waals surface area contributed by atoms with Gasteiger partial charge in [-0.3, -0.25) is 4.79 Å². The van der Waals surface area contributed by atoms with Crippen LogP contribution < -0.4 is 0 Å². The Bertz CT molecular complexity index is 1050. The SMILES string of the molecule is Cc1nc(C)c(C(=O)N(Cc2c(-c3ccccc3)noc2C)C[C@@H]2CC=CCC2)s1. The molecule has 1 amide bonds. The quantitative estimate of drug-likeness (QED) is 0.478. The number of aryl methyl sites for hydroxylation is 3. The zero-order chi connectivity index (χ0) is 21.1. The van der Waals surface area contributed by atoms with Gasteiger partial charge >= 0.3 is 0 Å². The molecule has 4 rings (SSSR count). The largest absolute Gasteiger partial charge is 0.361 e. The topological polar surface area (TPSA) is 59.2 Å². The van der Waals surface area contributed by atoms with Crippen molar-refractivity contribution in [2.45, 2.75) is 46.6 Å². The average molecular weight is 422 g/mol. The number of rotatable bonds is 6. The standard InChI is InChI=1S/C24H27N3O2S/c1-16-23(30-18(3)25-16)24(28)27(14-19-10-6-4-7-11-19)15-21-17(2)29-26-22(21)20-12-8-5-9-13-20/h4-6,8-9,12-13,19H,7,10-11,14-15H2,1-3H3/t19-/m1/s1. The predicted octanol–water partition coefficient (Wildman–Crippen LogP) is 5.72. The van der Waals surface area contributed by atoms with Gasteiger partial charge in [-0.05, 0) is 46.0 Å². The molecule has 1 aromatic carbocycles. The van der Waals surface area contributed by atoms with E-state index in [4.69, 9.17) is 4.52 Å². The molecule has 2 aromatic heterocycles. The van der Waals surface area contributed by atoms with Crippen molar-refractivity contribution in [3.05, 3.63) is 69.4 Å². The second kappa shape index (κ2) is 8.96. The summed E-state index contributed by atoms with van der Waals surface area (Å²) in [6.45, 7) is 6.98. The predicted molar refractivity (Wildman–Crippen MR) is 119 cm³/mol. The Morgan fingerprint density at radius 3 is 2.67 bits per heavy atom. The van der Waals surface area contributed by atoms with E-state index in [1.165, 1.54) is 11.3 Å². The lowest BCUT2D eigenvalue weighted by atomic mass is 9.93. The first-order valence-corrected chi connectivity index (χ1v) is 11.2. The van der Waals surface area contributed by atoms with Gasteiger partial charge in [0.1, 0.15) is 16.3 Å². The maximum absolute atomic E-state index is 13.6. The molecule has 0 N–H and O–H groups in total. The summed E-state index contributed by atoms with van der Waals surface area (Å²) in [5.41, 5.74) is 3.59. The Labute approximate surface area is 181 Å². The highest BCUT2D eigenvalue weighted by Crippen LogP contribution is 2.29. The van der Waals surface area contributed by atoms with Crippen molar-refractivity contribution < 1.29 is 9.32 Å². The zero-order valence-corrected chi connectivity index (χ0v) is 18.5. The van der Waals surface area contributed by atoms with Crippen LogP contribution >= 0.6 is 11.3 Å². The molecule has 6 heteroatoms. The Kier molecular flexibility index (Phi) is 6.13. The molecule has 3 aromatic rings. The number of benzene rings is 1. The molecule has 0 fully saturated rings. The smallest absolute Gasteiger partial charge is 0.266 e. The Morgan fingerprint density at radius 2 is 2.00 bits per heavy atom. The van der Waals surface area contributed by atoms with Gasteiger partial charge in [0.15, 0.2) is 0 Å². The van der Waals surface area contributed by atoms with Gasteiger partial charge in [0.05, 0.1) is 17.2 Å². The Morgan fingerprint density at radius 1 is 1.20 bits per heavy atom. The van der Waals surface area contributed by atoms with Crippen LogP contribution in [0.5, 0.6) is 0 Å². The van der Waals surface area contributed by atoms with Crippen molar-refractivity contribution in [3.8, 4) is 11.3 Å². The van der Waals surface area contributed by atoms with E-state index in [0.29, 0.717) is 12.5 Å². The lowest BCUT2D eigenvalue weighted by Crippen LogP contribution is -2.35. The molecular weight excluding hydrogens is 394 g/mol. The Hall–Kier alpha value is -2.73. The molecule has 0 aliphatic heterocycles. The minimum Gasteiger partial charge on any atom is -0.361 e. The molecule has 5 nitrogen and oxygen atoms in total. The number of amides is 1. The average Bonchev–Trinajstić information content (AvgIpc) is 3.29. The minimum absolute atomic E-state index is 0.0484. The third-order valence-corrected chi connectivity index (χ3v) is 6.68. The molecule has 156 valence electrons. The number of carbonyl (C=O) groups excluding carboxylic acids is 1. The summed E-state index contributed by atoms with van der Waals surface area (Å²) in [4.78, 5) is 20.7. The van der Waals surface area contributed by atoms with Gasteiger partial charge < -0.3 is 9.42 Å². The highest BCUT2D eigenvalue weighted by Gasteiger charge is 2.27. The monoisotopic (exact) mass is 421 g/mol. The maximum atomic E-state index is 13.6. The lowest BCUT2D eigenvalue weighted by Gasteiger charge is -2.28. The van der Waals surface area contributed by atoms with Crippen LogP contribution in [0.1, 0.15) is 51.0 Å². The molecular formula is C24H27N3O2S. The summed E-state index contributed by atoms with van der Waals surface area (Å²) in [6, 6.07) is 10.0. The van der Waals surface area contributed by atoms with Crippen molar-refractivity contribution in [2.24, 2.45) is 5.92 Å². The van der Waals surface area contributed by atoms with Crippen LogP contribution in [0.3, 0.4) is 0 Å². The van der Waals surface area contributed by atoms with Crippen LogP contribution in [-0.4, -0.2) is 27.5 Å². The summed E-state index contributed by atoms with van der Waals surface area (Å²) in [6.07, 6.45) is 7.66. The number of carbonyl (C=O) groups is 1. The summed E-state index contributed by atoms with van der Waals surface area (Å²) < 4.78 is 5.55. The number of thiazole rings is 1. The molecule has 2 heterocycles. The van der Waals surface area contributed by atoms with Gasteiger partial charge in [-0.25, -0.2) is 4.98 Å². The molecule has 0 saturated heterocycles. The van der Waals surface area contributed by atoms with Crippen LogP contribution in [0.4, 0.5) is 0 Å². The van der Waals surface area contributed by atoms with E-state index in [1.807, 2.05) is 56.0 Å². The van der Waals surface area contributed by atoms with Gasteiger partial charge in [-0.15, -0.1) is 11.3 Å². The van der Waals surface area contributed by atoms with Gasteiger partial charge in [-0.2, -0.15) is 0 Å². The number of hydrogen-bond donors (Lipinski definition) is 0. The third kappa shape index (κ3) is 4.38. The molecule has 1 aliphatic rings. The fraction of sp³-hybridized carbons (Fsp3) is 0.375. The van der Waals surface area contributed by atoms with Gasteiger partial charge in [0, 0.05) is 17.7 Å². The van der Waals surface area contributed by atoms with Crippen molar-refractivity contribution >= 4 is 17.2 Å². The minimum atomic E-state index is 0.0484. The van der Waals surface area contributed by atoms with E-state index >= 15 is 0 Å². The van der Waals surface area contributed by atoms with Crippen LogP contribution in [-0.2, 0) is 6.54 Å². The highest BCUT2D eigenvalue weighted by atomic mass is 32.1. The molecule has 1 atom stereocenters. The summed E-state index contributed by atoms with van der Waals surface area (Å²) in [5.74, 6) is 1.27. The van der Waals surface area contributed by atoms with Gasteiger partial charge in [-0.1, -0.05) is 47.6 Å². The number of aromatic nitrogens is 2. The van der Waals surface area contributed by atoms with E-state index in [2.05, 4.69) is 22.3 Å². The second-order valence-corrected chi connectivity index (χ2v) is 9.12. The summed E-state index contributed by atoms with van der Waals surface area (Å²) in [7, 11) is 0. The zero-order valence-electron chi connectivity index (χ0n) is 17.7. The first-order valence-electron chi connectivity index (χ1n) is 10.4. The first-order chi connectivity index (χ1) is 14.5. The van der Waals surface area contributed by atoms with Crippen LogP contribution in [0.25, 0.3) is 11.3 Å².